The van der Waals surface area contributed by atoms with Crippen LogP contribution in [0.3, 0.4) is 0 Å². The number of nitrogens with zero attached hydrogens (tertiary/aromatic N) is 5. The highest BCUT2D eigenvalue weighted by atomic mass is 16.5. The second kappa shape index (κ2) is 6.96. The number of hydrogen-bond donors (Lipinski definition) is 0. The highest BCUT2D eigenvalue weighted by molar-refractivity contribution is 5.94. The van der Waals surface area contributed by atoms with Crippen molar-refractivity contribution in [2.45, 2.75) is 32.7 Å². The van der Waals surface area contributed by atoms with E-state index in [-0.39, 0.29) is 24.7 Å². The van der Waals surface area contributed by atoms with Crippen LogP contribution in [0, 0.1) is 0 Å². The standard InChI is InChI=1S/C16H21N5O3/c1-11-8-21(9-12(2)24-11)16(22)13-5-4-6-14(7-13)23-10-15-17-18-19-20(15)3/h4-7,11-12H,8-10H2,1-3H3/t11-,12-/m1/s1. The fourth-order valence-corrected chi connectivity index (χ4v) is 2.76. The van der Waals surface area contributed by atoms with E-state index < -0.39 is 0 Å². The molecule has 8 heteroatoms. The molecule has 0 saturated carbocycles. The Hall–Kier alpha value is -2.48. The normalized spacial score (nSPS) is 20.9. The van der Waals surface area contributed by atoms with Crippen LogP contribution in [0.25, 0.3) is 0 Å². The van der Waals surface area contributed by atoms with Crippen molar-refractivity contribution < 1.29 is 14.3 Å². The summed E-state index contributed by atoms with van der Waals surface area (Å²) in [6.07, 6.45) is 0.0843. The van der Waals surface area contributed by atoms with Gasteiger partial charge < -0.3 is 14.4 Å². The number of hydrogen-bond acceptors (Lipinski definition) is 6. The Labute approximate surface area is 140 Å². The van der Waals surface area contributed by atoms with Gasteiger partial charge in [-0.15, -0.1) is 5.10 Å². The Balaban J connectivity index is 1.68. The molecular weight excluding hydrogens is 310 g/mol. The SMILES string of the molecule is C[C@@H]1CN(C(=O)c2cccc(OCc3nnnn3C)c2)C[C@@H](C)O1. The van der Waals surface area contributed by atoms with Crippen molar-refractivity contribution in [2.24, 2.45) is 7.05 Å². The van der Waals surface area contributed by atoms with E-state index in [1.807, 2.05) is 30.9 Å². The summed E-state index contributed by atoms with van der Waals surface area (Å²) in [6.45, 7) is 5.39. The van der Waals surface area contributed by atoms with Crippen LogP contribution in [0.4, 0.5) is 0 Å². The van der Waals surface area contributed by atoms with E-state index in [4.69, 9.17) is 9.47 Å². The highest BCUT2D eigenvalue weighted by Gasteiger charge is 2.26. The van der Waals surface area contributed by atoms with Gasteiger partial charge in [0.05, 0.1) is 12.2 Å². The molecule has 0 unspecified atom stereocenters. The van der Waals surface area contributed by atoms with Crippen molar-refractivity contribution >= 4 is 5.91 Å². The quantitative estimate of drug-likeness (QED) is 0.832. The summed E-state index contributed by atoms with van der Waals surface area (Å²) in [6, 6.07) is 7.16. The van der Waals surface area contributed by atoms with Gasteiger partial charge in [0.15, 0.2) is 5.82 Å². The van der Waals surface area contributed by atoms with E-state index in [2.05, 4.69) is 15.5 Å². The molecule has 1 amide bonds. The average molecular weight is 331 g/mol. The van der Waals surface area contributed by atoms with Gasteiger partial charge in [0.1, 0.15) is 12.4 Å². The summed E-state index contributed by atoms with van der Waals surface area (Å²) in [4.78, 5) is 14.5. The third-order valence-electron chi connectivity index (χ3n) is 3.86. The van der Waals surface area contributed by atoms with E-state index >= 15 is 0 Å². The number of benzene rings is 1. The van der Waals surface area contributed by atoms with Crippen molar-refractivity contribution in [1.29, 1.82) is 0 Å². The minimum Gasteiger partial charge on any atom is -0.486 e. The summed E-state index contributed by atoms with van der Waals surface area (Å²) in [5.41, 5.74) is 0.602. The lowest BCUT2D eigenvalue weighted by Gasteiger charge is -2.35. The first kappa shape index (κ1) is 16.4. The molecule has 2 atom stereocenters. The molecule has 0 bridgehead atoms. The molecule has 1 aliphatic rings. The van der Waals surface area contributed by atoms with Gasteiger partial charge >= 0.3 is 0 Å². The van der Waals surface area contributed by atoms with Gasteiger partial charge in [-0.05, 0) is 42.5 Å². The van der Waals surface area contributed by atoms with E-state index in [0.717, 1.165) is 0 Å². The average Bonchev–Trinajstić information content (AvgIpc) is 2.97. The van der Waals surface area contributed by atoms with E-state index in [9.17, 15) is 4.79 Å². The number of ether oxygens (including phenoxy) is 2. The first-order valence-corrected chi connectivity index (χ1v) is 7.91. The van der Waals surface area contributed by atoms with E-state index in [0.29, 0.717) is 30.2 Å². The van der Waals surface area contributed by atoms with Gasteiger partial charge in [-0.25, -0.2) is 4.68 Å². The van der Waals surface area contributed by atoms with E-state index in [1.165, 1.54) is 0 Å². The molecule has 0 radical (unpaired) electrons. The topological polar surface area (TPSA) is 82.4 Å². The van der Waals surface area contributed by atoms with Crippen molar-refractivity contribution in [3.05, 3.63) is 35.7 Å². The first-order chi connectivity index (χ1) is 11.5. The second-order valence-electron chi connectivity index (χ2n) is 6.00. The van der Waals surface area contributed by atoms with Crippen molar-refractivity contribution in [2.75, 3.05) is 13.1 Å². The van der Waals surface area contributed by atoms with Gasteiger partial charge in [-0.1, -0.05) is 6.07 Å². The van der Waals surface area contributed by atoms with Crippen molar-refractivity contribution in [3.63, 3.8) is 0 Å². The molecule has 8 nitrogen and oxygen atoms in total. The molecule has 0 spiro atoms. The van der Waals surface area contributed by atoms with Gasteiger partial charge in [0, 0.05) is 25.7 Å². The van der Waals surface area contributed by atoms with E-state index in [1.54, 1.807) is 23.9 Å². The maximum Gasteiger partial charge on any atom is 0.254 e. The zero-order valence-electron chi connectivity index (χ0n) is 14.0. The summed E-state index contributed by atoms with van der Waals surface area (Å²) in [5.74, 6) is 1.21. The predicted molar refractivity (Wildman–Crippen MR) is 85.5 cm³/mol. The van der Waals surface area contributed by atoms with Crippen LogP contribution >= 0.6 is 0 Å². The Morgan fingerprint density at radius 1 is 1.33 bits per heavy atom. The Bertz CT molecular complexity index is 707. The molecule has 1 fully saturated rings. The zero-order valence-corrected chi connectivity index (χ0v) is 14.0. The number of amides is 1. The lowest BCUT2D eigenvalue weighted by atomic mass is 10.1. The molecule has 24 heavy (non-hydrogen) atoms. The Kier molecular flexibility index (Phi) is 4.75. The van der Waals surface area contributed by atoms with Crippen molar-refractivity contribution in [1.82, 2.24) is 25.1 Å². The summed E-state index contributed by atoms with van der Waals surface area (Å²) < 4.78 is 12.9. The highest BCUT2D eigenvalue weighted by Crippen LogP contribution is 2.19. The number of aryl methyl sites for hydroxylation is 1. The molecular formula is C16H21N5O3. The zero-order chi connectivity index (χ0) is 17.1. The van der Waals surface area contributed by atoms with Crippen LogP contribution < -0.4 is 4.74 Å². The number of aromatic nitrogens is 4. The molecule has 2 aromatic rings. The number of tetrazole rings is 1. The van der Waals surface area contributed by atoms with Gasteiger partial charge in [0.2, 0.25) is 0 Å². The summed E-state index contributed by atoms with van der Waals surface area (Å²) in [5, 5.41) is 11.2. The third-order valence-corrected chi connectivity index (χ3v) is 3.86. The minimum absolute atomic E-state index is 0.0113. The fraction of sp³-hybridized carbons (Fsp3) is 0.500. The van der Waals surface area contributed by atoms with Gasteiger partial charge in [-0.2, -0.15) is 0 Å². The van der Waals surface area contributed by atoms with Gasteiger partial charge in [-0.3, -0.25) is 4.79 Å². The van der Waals surface area contributed by atoms with Crippen LogP contribution in [-0.4, -0.2) is 56.3 Å². The number of carbonyl (C=O) groups excluding carboxylic acids is 1. The third kappa shape index (κ3) is 3.70. The second-order valence-corrected chi connectivity index (χ2v) is 6.00. The van der Waals surface area contributed by atoms with Crippen LogP contribution in [0.1, 0.15) is 30.0 Å². The van der Waals surface area contributed by atoms with Gasteiger partial charge in [0.25, 0.3) is 5.91 Å². The number of morpholine rings is 1. The minimum atomic E-state index is -0.0113. The van der Waals surface area contributed by atoms with Crippen LogP contribution in [0.2, 0.25) is 0 Å². The molecule has 2 heterocycles. The predicted octanol–water partition coefficient (Wildman–Crippen LogP) is 1.04. The van der Waals surface area contributed by atoms with Crippen molar-refractivity contribution in [3.8, 4) is 5.75 Å². The summed E-state index contributed by atoms with van der Waals surface area (Å²) in [7, 11) is 1.75. The molecule has 1 aromatic carbocycles. The monoisotopic (exact) mass is 331 g/mol. The largest absolute Gasteiger partial charge is 0.486 e. The fourth-order valence-electron chi connectivity index (χ4n) is 2.76. The lowest BCUT2D eigenvalue weighted by molar-refractivity contribution is -0.0586. The molecule has 0 N–H and O–H groups in total. The maximum atomic E-state index is 12.7. The first-order valence-electron chi connectivity index (χ1n) is 7.91. The van der Waals surface area contributed by atoms with Crippen LogP contribution in [-0.2, 0) is 18.4 Å². The van der Waals surface area contributed by atoms with Crippen LogP contribution in [0.5, 0.6) is 5.75 Å². The number of rotatable bonds is 4. The van der Waals surface area contributed by atoms with Crippen LogP contribution in [0.15, 0.2) is 24.3 Å². The summed E-state index contributed by atoms with van der Waals surface area (Å²) >= 11 is 0. The number of carbonyl (C=O) groups is 1. The Morgan fingerprint density at radius 2 is 2.08 bits per heavy atom. The molecule has 1 aromatic heterocycles. The molecule has 1 aliphatic heterocycles. The maximum absolute atomic E-state index is 12.7. The molecule has 3 rings (SSSR count). The Morgan fingerprint density at radius 3 is 2.75 bits per heavy atom. The molecule has 0 aliphatic carbocycles. The molecule has 1 saturated heterocycles. The lowest BCUT2D eigenvalue weighted by Crippen LogP contribution is -2.48. The smallest absolute Gasteiger partial charge is 0.254 e. The molecule has 128 valence electrons.